The van der Waals surface area contributed by atoms with Gasteiger partial charge in [-0.1, -0.05) is 23.7 Å². The lowest BCUT2D eigenvalue weighted by atomic mass is 9.99. The first kappa shape index (κ1) is 19.1. The first-order chi connectivity index (χ1) is 12.7. The summed E-state index contributed by atoms with van der Waals surface area (Å²) in [4.78, 5) is 12.4. The van der Waals surface area contributed by atoms with Gasteiger partial charge in [0.2, 0.25) is 0 Å². The van der Waals surface area contributed by atoms with Crippen LogP contribution in [-0.2, 0) is 28.4 Å². The predicted octanol–water partition coefficient (Wildman–Crippen LogP) is 2.89. The molecule has 0 radical (unpaired) electrons. The molecule has 3 fully saturated rings. The van der Waals surface area contributed by atoms with Crippen molar-refractivity contribution in [2.24, 2.45) is 0 Å². The molecule has 5 atom stereocenters. The second kappa shape index (κ2) is 6.69. The van der Waals surface area contributed by atoms with Crippen LogP contribution < -0.4 is 0 Å². The van der Waals surface area contributed by atoms with E-state index in [0.29, 0.717) is 10.6 Å². The maximum Gasteiger partial charge on any atom is 0.339 e. The number of esters is 1. The third kappa shape index (κ3) is 3.72. The fourth-order valence-electron chi connectivity index (χ4n) is 3.69. The van der Waals surface area contributed by atoms with Gasteiger partial charge in [-0.3, -0.25) is 0 Å². The van der Waals surface area contributed by atoms with Crippen LogP contribution in [0.4, 0.5) is 0 Å². The average Bonchev–Trinajstić information content (AvgIpc) is 3.07. The van der Waals surface area contributed by atoms with Gasteiger partial charge in [0.15, 0.2) is 17.9 Å². The number of carbonyl (C=O) groups excluding carboxylic acids is 1. The number of hydrogen-bond donors (Lipinski definition) is 0. The lowest BCUT2D eigenvalue weighted by Gasteiger charge is -2.36. The van der Waals surface area contributed by atoms with E-state index in [0.717, 1.165) is 0 Å². The SMILES string of the molecule is CC1(C)OC2OC(COC(=O)c3ccccc3Cl)C3OC(C)(C)OC3C2O1. The van der Waals surface area contributed by atoms with Gasteiger partial charge >= 0.3 is 5.97 Å². The number of ether oxygens (including phenoxy) is 6. The van der Waals surface area contributed by atoms with Gasteiger partial charge in [0, 0.05) is 0 Å². The van der Waals surface area contributed by atoms with E-state index in [2.05, 4.69) is 0 Å². The predicted molar refractivity (Wildman–Crippen MR) is 94.3 cm³/mol. The first-order valence-electron chi connectivity index (χ1n) is 8.94. The maximum atomic E-state index is 12.4. The third-order valence-corrected chi connectivity index (χ3v) is 5.05. The van der Waals surface area contributed by atoms with Gasteiger partial charge in [-0.15, -0.1) is 0 Å². The largest absolute Gasteiger partial charge is 0.459 e. The van der Waals surface area contributed by atoms with Crippen LogP contribution in [0, 0.1) is 0 Å². The minimum absolute atomic E-state index is 0.0162. The zero-order valence-corrected chi connectivity index (χ0v) is 16.4. The zero-order chi connectivity index (χ0) is 19.4. The highest BCUT2D eigenvalue weighted by molar-refractivity contribution is 6.33. The monoisotopic (exact) mass is 398 g/mol. The quantitative estimate of drug-likeness (QED) is 0.725. The number of rotatable bonds is 3. The second-order valence-electron chi connectivity index (χ2n) is 7.79. The van der Waals surface area contributed by atoms with Crippen molar-refractivity contribution in [2.75, 3.05) is 6.61 Å². The summed E-state index contributed by atoms with van der Waals surface area (Å²) in [6.45, 7) is 7.27. The first-order valence-corrected chi connectivity index (χ1v) is 9.31. The van der Waals surface area contributed by atoms with Crippen LogP contribution in [0.25, 0.3) is 0 Å². The Kier molecular flexibility index (Phi) is 4.73. The van der Waals surface area contributed by atoms with E-state index in [1.807, 2.05) is 27.7 Å². The number of carbonyl (C=O) groups is 1. The Bertz CT molecular complexity index is 735. The molecule has 3 heterocycles. The van der Waals surface area contributed by atoms with Crippen molar-refractivity contribution >= 4 is 17.6 Å². The summed E-state index contributed by atoms with van der Waals surface area (Å²) in [7, 11) is 0. The van der Waals surface area contributed by atoms with Crippen LogP contribution in [0.15, 0.2) is 24.3 Å². The van der Waals surface area contributed by atoms with Crippen molar-refractivity contribution in [3.63, 3.8) is 0 Å². The van der Waals surface area contributed by atoms with Crippen LogP contribution in [-0.4, -0.2) is 54.9 Å². The molecule has 0 N–H and O–H groups in total. The molecule has 0 bridgehead atoms. The lowest BCUT2D eigenvalue weighted by Crippen LogP contribution is -2.56. The van der Waals surface area contributed by atoms with Gasteiger partial charge in [0.05, 0.1) is 10.6 Å². The lowest BCUT2D eigenvalue weighted by molar-refractivity contribution is -0.240. The summed E-state index contributed by atoms with van der Waals surface area (Å²) in [6.07, 6.45) is -2.42. The molecule has 148 valence electrons. The standard InChI is InChI=1S/C19H23ClO7/c1-18(2)24-13-12(9-22-16(21)10-7-5-6-8-11(10)20)23-17-15(14(13)25-18)26-19(3,4)27-17/h5-8,12-15,17H,9H2,1-4H3. The van der Waals surface area contributed by atoms with Crippen LogP contribution in [0.1, 0.15) is 38.1 Å². The van der Waals surface area contributed by atoms with Gasteiger partial charge < -0.3 is 28.4 Å². The highest BCUT2D eigenvalue weighted by atomic mass is 35.5. The fraction of sp³-hybridized carbons (Fsp3) is 0.632. The number of fused-ring (bicyclic) bond motifs is 3. The number of halogens is 1. The molecule has 0 spiro atoms. The Morgan fingerprint density at radius 3 is 2.37 bits per heavy atom. The highest BCUT2D eigenvalue weighted by Gasteiger charge is 2.60. The van der Waals surface area contributed by atoms with Crippen molar-refractivity contribution in [3.05, 3.63) is 34.9 Å². The summed E-state index contributed by atoms with van der Waals surface area (Å²) in [5.41, 5.74) is 0.301. The fourth-order valence-corrected chi connectivity index (χ4v) is 3.90. The topological polar surface area (TPSA) is 72.5 Å². The van der Waals surface area contributed by atoms with Crippen molar-refractivity contribution in [1.29, 1.82) is 0 Å². The van der Waals surface area contributed by atoms with E-state index in [1.165, 1.54) is 0 Å². The van der Waals surface area contributed by atoms with Crippen LogP contribution in [0.3, 0.4) is 0 Å². The van der Waals surface area contributed by atoms with E-state index in [-0.39, 0.29) is 12.7 Å². The van der Waals surface area contributed by atoms with E-state index in [1.54, 1.807) is 24.3 Å². The molecule has 0 amide bonds. The third-order valence-electron chi connectivity index (χ3n) is 4.72. The van der Waals surface area contributed by atoms with Crippen LogP contribution >= 0.6 is 11.6 Å². The molecular weight excluding hydrogens is 376 g/mol. The van der Waals surface area contributed by atoms with Crippen molar-refractivity contribution in [2.45, 2.75) is 70.0 Å². The summed E-state index contributed by atoms with van der Waals surface area (Å²) < 4.78 is 35.3. The molecule has 0 aromatic heterocycles. The molecule has 1 aromatic rings. The average molecular weight is 399 g/mol. The van der Waals surface area contributed by atoms with Gasteiger partial charge in [-0.05, 0) is 39.8 Å². The molecule has 3 saturated heterocycles. The Morgan fingerprint density at radius 2 is 1.63 bits per heavy atom. The molecule has 0 saturated carbocycles. The van der Waals surface area contributed by atoms with E-state index < -0.39 is 42.1 Å². The van der Waals surface area contributed by atoms with Gasteiger partial charge in [-0.25, -0.2) is 4.79 Å². The Balaban J connectivity index is 1.49. The van der Waals surface area contributed by atoms with Crippen molar-refractivity contribution in [3.8, 4) is 0 Å². The van der Waals surface area contributed by atoms with Crippen molar-refractivity contribution in [1.82, 2.24) is 0 Å². The highest BCUT2D eigenvalue weighted by Crippen LogP contribution is 2.44. The molecule has 3 aliphatic rings. The molecule has 7 nitrogen and oxygen atoms in total. The number of benzene rings is 1. The smallest absolute Gasteiger partial charge is 0.339 e. The molecule has 27 heavy (non-hydrogen) atoms. The molecule has 5 unspecified atom stereocenters. The summed E-state index contributed by atoms with van der Waals surface area (Å²) in [5.74, 6) is -2.11. The van der Waals surface area contributed by atoms with Crippen LogP contribution in [0.5, 0.6) is 0 Å². The minimum atomic E-state index is -0.797. The van der Waals surface area contributed by atoms with Gasteiger partial charge in [0.1, 0.15) is 31.0 Å². The Hall–Kier alpha value is -1.22. The maximum absolute atomic E-state index is 12.4. The van der Waals surface area contributed by atoms with E-state index in [9.17, 15) is 4.79 Å². The zero-order valence-electron chi connectivity index (χ0n) is 15.6. The second-order valence-corrected chi connectivity index (χ2v) is 8.19. The minimum Gasteiger partial charge on any atom is -0.459 e. The number of hydrogen-bond acceptors (Lipinski definition) is 7. The normalized spacial score (nSPS) is 36.1. The van der Waals surface area contributed by atoms with Crippen LogP contribution in [0.2, 0.25) is 5.02 Å². The molecule has 0 aliphatic carbocycles. The van der Waals surface area contributed by atoms with Gasteiger partial charge in [-0.2, -0.15) is 0 Å². The summed E-state index contributed by atoms with van der Waals surface area (Å²) >= 11 is 6.06. The molecule has 3 aliphatic heterocycles. The van der Waals surface area contributed by atoms with E-state index in [4.69, 9.17) is 40.0 Å². The Labute approximate surface area is 162 Å². The van der Waals surface area contributed by atoms with Gasteiger partial charge in [0.25, 0.3) is 0 Å². The van der Waals surface area contributed by atoms with E-state index >= 15 is 0 Å². The molecular formula is C19H23ClO7. The molecule has 8 heteroatoms. The Morgan fingerprint density at radius 1 is 1.00 bits per heavy atom. The molecule has 4 rings (SSSR count). The van der Waals surface area contributed by atoms with Crippen molar-refractivity contribution < 1.29 is 33.2 Å². The summed E-state index contributed by atoms with van der Waals surface area (Å²) in [5, 5.41) is 0.334. The molecule has 1 aromatic carbocycles. The summed E-state index contributed by atoms with van der Waals surface area (Å²) in [6, 6.07) is 6.72.